The number of hydrogen-bond donors (Lipinski definition) is 1. The van der Waals surface area contributed by atoms with E-state index in [0.29, 0.717) is 5.75 Å². The Balaban J connectivity index is 2.22. The molecule has 0 saturated heterocycles. The predicted octanol–water partition coefficient (Wildman–Crippen LogP) is 2.90. The summed E-state index contributed by atoms with van der Waals surface area (Å²) in [7, 11) is -0.960. The Hall–Kier alpha value is -2.36. The molecule has 10 heteroatoms. The average Bonchev–Trinajstić information content (AvgIpc) is 2.63. The van der Waals surface area contributed by atoms with Crippen LogP contribution < -0.4 is 14.8 Å². The van der Waals surface area contributed by atoms with Gasteiger partial charge in [-0.05, 0) is 6.07 Å². The number of benzene rings is 2. The van der Waals surface area contributed by atoms with E-state index in [1.165, 1.54) is 44.6 Å². The van der Waals surface area contributed by atoms with Gasteiger partial charge in [-0.3, -0.25) is 4.79 Å². The average molecular weight is 431 g/mol. The van der Waals surface area contributed by atoms with Crippen LogP contribution in [0.25, 0.3) is 0 Å². The number of sulfonamides is 1. The summed E-state index contributed by atoms with van der Waals surface area (Å²) < 4.78 is 49.2. The molecule has 0 heterocycles. The van der Waals surface area contributed by atoms with Gasteiger partial charge < -0.3 is 14.8 Å². The van der Waals surface area contributed by atoms with Gasteiger partial charge in [0.25, 0.3) is 0 Å². The van der Waals surface area contributed by atoms with Crippen molar-refractivity contribution in [3.8, 4) is 11.5 Å². The number of ether oxygens (including phenoxy) is 2. The predicted molar refractivity (Wildman–Crippen MR) is 105 cm³/mol. The number of halogens is 2. The zero-order valence-corrected chi connectivity index (χ0v) is 17.1. The van der Waals surface area contributed by atoms with Gasteiger partial charge in [-0.2, -0.15) is 4.31 Å². The highest BCUT2D eigenvalue weighted by Crippen LogP contribution is 2.35. The number of amides is 1. The number of carbonyl (C=O) groups excluding carboxylic acids is 1. The minimum atomic E-state index is -3.77. The smallest absolute Gasteiger partial charge is 0.239 e. The van der Waals surface area contributed by atoms with E-state index in [1.54, 1.807) is 6.07 Å². The van der Waals surface area contributed by atoms with Crippen molar-refractivity contribution in [3.05, 3.63) is 52.8 Å². The third kappa shape index (κ3) is 5.57. The van der Waals surface area contributed by atoms with Crippen molar-refractivity contribution in [1.82, 2.24) is 4.31 Å². The first kappa shape index (κ1) is 21.9. The first-order valence-corrected chi connectivity index (χ1v) is 10.3. The molecule has 0 aromatic heterocycles. The maximum absolute atomic E-state index is 13.9. The van der Waals surface area contributed by atoms with E-state index >= 15 is 0 Å². The van der Waals surface area contributed by atoms with Gasteiger partial charge in [-0.1, -0.05) is 29.8 Å². The maximum atomic E-state index is 13.9. The van der Waals surface area contributed by atoms with E-state index in [9.17, 15) is 17.6 Å². The van der Waals surface area contributed by atoms with Crippen molar-refractivity contribution in [2.45, 2.75) is 6.54 Å². The standard InChI is InChI=1S/C18H20ClFN2O5S/c1-26-16-9-15(17(27-2)8-13(16)19)21-18(23)11-22(28(3,24)25)10-12-6-4-5-7-14(12)20/h4-9H,10-11H2,1-3H3,(H,21,23). The number of hydrogen-bond acceptors (Lipinski definition) is 5. The molecule has 0 spiro atoms. The van der Waals surface area contributed by atoms with Gasteiger partial charge in [-0.15, -0.1) is 0 Å². The van der Waals surface area contributed by atoms with Gasteiger partial charge in [0.05, 0.1) is 37.7 Å². The summed E-state index contributed by atoms with van der Waals surface area (Å²) in [6.45, 7) is -0.790. The van der Waals surface area contributed by atoms with Crippen LogP contribution in [0.1, 0.15) is 5.56 Å². The quantitative estimate of drug-likeness (QED) is 0.696. The molecule has 0 radical (unpaired) electrons. The third-order valence-corrected chi connectivity index (χ3v) is 5.33. The molecule has 0 aliphatic rings. The second-order valence-electron chi connectivity index (χ2n) is 5.86. The molecular weight excluding hydrogens is 411 g/mol. The Labute approximate surface area is 168 Å². The molecule has 0 unspecified atom stereocenters. The van der Waals surface area contributed by atoms with E-state index in [1.807, 2.05) is 0 Å². The molecule has 7 nitrogen and oxygen atoms in total. The van der Waals surface area contributed by atoms with Gasteiger partial charge in [0.1, 0.15) is 17.3 Å². The minimum absolute atomic E-state index is 0.159. The van der Waals surface area contributed by atoms with Crippen LogP contribution in [0.3, 0.4) is 0 Å². The summed E-state index contributed by atoms with van der Waals surface area (Å²) in [4.78, 5) is 12.5. The van der Waals surface area contributed by atoms with Crippen molar-refractivity contribution in [2.75, 3.05) is 32.3 Å². The number of nitrogens with one attached hydrogen (secondary N) is 1. The molecule has 28 heavy (non-hydrogen) atoms. The molecular formula is C18H20ClFN2O5S. The van der Waals surface area contributed by atoms with Crippen LogP contribution in [0.2, 0.25) is 5.02 Å². The van der Waals surface area contributed by atoms with Crippen molar-refractivity contribution >= 4 is 33.2 Å². The van der Waals surface area contributed by atoms with Crippen molar-refractivity contribution in [2.24, 2.45) is 0 Å². The summed E-state index contributed by atoms with van der Waals surface area (Å²) in [5, 5.41) is 2.85. The number of nitrogens with zero attached hydrogens (tertiary/aromatic N) is 1. The summed E-state index contributed by atoms with van der Waals surface area (Å²) >= 11 is 6.03. The fourth-order valence-electron chi connectivity index (χ4n) is 2.42. The van der Waals surface area contributed by atoms with Crippen LogP contribution in [-0.4, -0.2) is 45.7 Å². The third-order valence-electron chi connectivity index (χ3n) is 3.84. The summed E-state index contributed by atoms with van der Waals surface area (Å²) in [5.41, 5.74) is 0.416. The van der Waals surface area contributed by atoms with Crippen LogP contribution in [0.4, 0.5) is 10.1 Å². The van der Waals surface area contributed by atoms with E-state index < -0.39 is 28.3 Å². The van der Waals surface area contributed by atoms with Crippen LogP contribution in [-0.2, 0) is 21.4 Å². The van der Waals surface area contributed by atoms with Crippen LogP contribution >= 0.6 is 11.6 Å². The van der Waals surface area contributed by atoms with Gasteiger partial charge in [-0.25, -0.2) is 12.8 Å². The Morgan fingerprint density at radius 2 is 1.82 bits per heavy atom. The summed E-state index contributed by atoms with van der Waals surface area (Å²) in [6.07, 6.45) is 0.951. The fourth-order valence-corrected chi connectivity index (χ4v) is 3.37. The SMILES string of the molecule is COc1cc(NC(=O)CN(Cc2ccccc2F)S(C)(=O)=O)c(OC)cc1Cl. The van der Waals surface area contributed by atoms with E-state index in [4.69, 9.17) is 21.1 Å². The molecule has 2 aromatic carbocycles. The van der Waals surface area contributed by atoms with Gasteiger partial charge in [0.15, 0.2) is 0 Å². The highest BCUT2D eigenvalue weighted by molar-refractivity contribution is 7.88. The summed E-state index contributed by atoms with van der Waals surface area (Å²) in [5.74, 6) is -0.603. The number of carbonyl (C=O) groups is 1. The van der Waals surface area contributed by atoms with Gasteiger partial charge in [0, 0.05) is 24.2 Å². The lowest BCUT2D eigenvalue weighted by Crippen LogP contribution is -2.37. The molecule has 0 saturated carbocycles. The maximum Gasteiger partial charge on any atom is 0.239 e. The van der Waals surface area contributed by atoms with Crippen molar-refractivity contribution in [1.29, 1.82) is 0 Å². The minimum Gasteiger partial charge on any atom is -0.495 e. The molecule has 152 valence electrons. The molecule has 0 atom stereocenters. The molecule has 1 N–H and O–H groups in total. The van der Waals surface area contributed by atoms with Crippen molar-refractivity contribution < 1.29 is 27.1 Å². The Morgan fingerprint density at radius 3 is 2.39 bits per heavy atom. The second kappa shape index (κ2) is 9.22. The van der Waals surface area contributed by atoms with Gasteiger partial charge in [0.2, 0.25) is 15.9 Å². The molecule has 0 bridgehead atoms. The molecule has 2 rings (SSSR count). The topological polar surface area (TPSA) is 84.9 Å². The Morgan fingerprint density at radius 1 is 1.18 bits per heavy atom. The second-order valence-corrected chi connectivity index (χ2v) is 8.25. The molecule has 0 fully saturated rings. The largest absolute Gasteiger partial charge is 0.495 e. The lowest BCUT2D eigenvalue weighted by Gasteiger charge is -2.20. The zero-order valence-electron chi connectivity index (χ0n) is 15.5. The number of anilines is 1. The highest BCUT2D eigenvalue weighted by atomic mass is 35.5. The highest BCUT2D eigenvalue weighted by Gasteiger charge is 2.23. The van der Waals surface area contributed by atoms with E-state index in [-0.39, 0.29) is 28.6 Å². The van der Waals surface area contributed by atoms with Crippen LogP contribution in [0.15, 0.2) is 36.4 Å². The molecule has 0 aliphatic heterocycles. The van der Waals surface area contributed by atoms with Crippen LogP contribution in [0.5, 0.6) is 11.5 Å². The monoisotopic (exact) mass is 430 g/mol. The molecule has 0 aliphatic carbocycles. The van der Waals surface area contributed by atoms with Crippen LogP contribution in [0, 0.1) is 5.82 Å². The Bertz CT molecular complexity index is 968. The zero-order chi connectivity index (χ0) is 20.9. The number of rotatable bonds is 8. The Kier molecular flexibility index (Phi) is 7.22. The lowest BCUT2D eigenvalue weighted by atomic mass is 10.2. The molecule has 1 amide bonds. The van der Waals surface area contributed by atoms with Gasteiger partial charge >= 0.3 is 0 Å². The first-order chi connectivity index (χ1) is 13.2. The molecule has 2 aromatic rings. The first-order valence-electron chi connectivity index (χ1n) is 8.05. The van der Waals surface area contributed by atoms with E-state index in [2.05, 4.69) is 5.32 Å². The van der Waals surface area contributed by atoms with Crippen molar-refractivity contribution in [3.63, 3.8) is 0 Å². The lowest BCUT2D eigenvalue weighted by molar-refractivity contribution is -0.116. The normalized spacial score (nSPS) is 11.4. The summed E-state index contributed by atoms with van der Waals surface area (Å²) in [6, 6.07) is 8.68. The van der Waals surface area contributed by atoms with E-state index in [0.717, 1.165) is 10.6 Å². The fraction of sp³-hybridized carbons (Fsp3) is 0.278. The number of methoxy groups -OCH3 is 2.